The minimum atomic E-state index is -1.51. The van der Waals surface area contributed by atoms with Crippen LogP contribution in [0.4, 0.5) is 0 Å². The third-order valence-electron chi connectivity index (χ3n) is 8.97. The van der Waals surface area contributed by atoms with Gasteiger partial charge in [0, 0.05) is 12.5 Å². The average Bonchev–Trinajstić information content (AvgIpc) is 3.00. The van der Waals surface area contributed by atoms with E-state index in [2.05, 4.69) is 13.8 Å². The highest BCUT2D eigenvalue weighted by atomic mass is 16.6. The Morgan fingerprint density at radius 1 is 0.783 bits per heavy atom. The lowest BCUT2D eigenvalue weighted by Crippen LogP contribution is -2.57. The Labute approximate surface area is 276 Å². The second kappa shape index (κ2) is 25.2. The lowest BCUT2D eigenvalue weighted by molar-refractivity contribution is -0.228. The zero-order valence-electron chi connectivity index (χ0n) is 28.7. The molecule has 3 unspecified atom stereocenters. The summed E-state index contributed by atoms with van der Waals surface area (Å²) in [6, 6.07) is 0. The Balaban J connectivity index is 2.39. The molecule has 1 heterocycles. The van der Waals surface area contributed by atoms with Gasteiger partial charge in [0.05, 0.1) is 24.4 Å². The molecule has 1 rings (SSSR count). The number of hydrogen-bond donors (Lipinski definition) is 5. The molecule has 1 saturated heterocycles. The van der Waals surface area contributed by atoms with Crippen LogP contribution in [0, 0.1) is 5.92 Å². The summed E-state index contributed by atoms with van der Waals surface area (Å²) in [7, 11) is 0. The van der Waals surface area contributed by atoms with E-state index in [4.69, 9.17) is 9.47 Å². The molecule has 1 aliphatic heterocycles. The van der Waals surface area contributed by atoms with Crippen LogP contribution in [0.15, 0.2) is 12.2 Å². The Hall–Kier alpha value is -1.85. The number of carbonyl (C=O) groups is 3. The number of allylic oxidation sites excluding steroid dienone is 1. The lowest BCUT2D eigenvalue weighted by Gasteiger charge is -2.41. The number of ether oxygens (including phenoxy) is 2. The van der Waals surface area contributed by atoms with E-state index in [-0.39, 0.29) is 12.8 Å². The molecule has 268 valence electrons. The van der Waals surface area contributed by atoms with E-state index >= 15 is 0 Å². The van der Waals surface area contributed by atoms with Gasteiger partial charge >= 0.3 is 11.9 Å². The zero-order valence-corrected chi connectivity index (χ0v) is 28.7. The number of carbonyl (C=O) groups excluding carboxylic acids is 2. The minimum absolute atomic E-state index is 0.256. The molecular formula is C36H64O10. The molecule has 0 aromatic carbocycles. The van der Waals surface area contributed by atoms with Crippen molar-refractivity contribution in [1.82, 2.24) is 0 Å². The zero-order chi connectivity index (χ0) is 34.3. The molecule has 0 spiro atoms. The molecule has 0 radical (unpaired) electrons. The van der Waals surface area contributed by atoms with Crippen LogP contribution in [-0.2, 0) is 23.9 Å². The van der Waals surface area contributed by atoms with E-state index in [0.717, 1.165) is 70.6 Å². The number of rotatable bonds is 27. The number of unbranched alkanes of at least 4 members (excludes halogenated alkanes) is 13. The van der Waals surface area contributed by atoms with E-state index in [1.807, 2.05) is 0 Å². The summed E-state index contributed by atoms with van der Waals surface area (Å²) in [6.45, 7) is 5.94. The van der Waals surface area contributed by atoms with Gasteiger partial charge in [-0.15, -0.1) is 0 Å². The Morgan fingerprint density at radius 3 is 1.98 bits per heavy atom. The molecule has 10 nitrogen and oxygen atoms in total. The quantitative estimate of drug-likeness (QED) is 0.0315. The van der Waals surface area contributed by atoms with Gasteiger partial charge in [-0.1, -0.05) is 110 Å². The third-order valence-corrected chi connectivity index (χ3v) is 8.97. The van der Waals surface area contributed by atoms with Gasteiger partial charge in [-0.05, 0) is 39.0 Å². The van der Waals surface area contributed by atoms with Crippen LogP contribution < -0.4 is 0 Å². The fourth-order valence-electron chi connectivity index (χ4n) is 6.08. The predicted molar refractivity (Wildman–Crippen MR) is 177 cm³/mol. The SMILES string of the molecule is CCCCCCCC=CC(=O)O[C@@H]1[C@H](O)[C@@H](O)[C@H](C)O[C@H]1CCCCCCCC(O)CC(=O)C(C(=O)O)C(O)CCCCCCC. The van der Waals surface area contributed by atoms with Gasteiger partial charge in [0.1, 0.15) is 18.1 Å². The van der Waals surface area contributed by atoms with E-state index in [1.54, 1.807) is 13.0 Å². The van der Waals surface area contributed by atoms with Crippen molar-refractivity contribution in [2.45, 2.75) is 192 Å². The Kier molecular flexibility index (Phi) is 23.1. The second-order valence-corrected chi connectivity index (χ2v) is 13.1. The first-order chi connectivity index (χ1) is 22.0. The molecule has 0 aromatic rings. The third kappa shape index (κ3) is 17.3. The lowest BCUT2D eigenvalue weighted by atomic mass is 9.89. The summed E-state index contributed by atoms with van der Waals surface area (Å²) in [5.74, 6) is -4.05. The van der Waals surface area contributed by atoms with Crippen molar-refractivity contribution >= 4 is 17.7 Å². The van der Waals surface area contributed by atoms with Crippen molar-refractivity contribution in [1.29, 1.82) is 0 Å². The maximum absolute atomic E-state index is 12.6. The van der Waals surface area contributed by atoms with E-state index in [0.29, 0.717) is 25.7 Å². The highest BCUT2D eigenvalue weighted by Gasteiger charge is 2.44. The van der Waals surface area contributed by atoms with Crippen molar-refractivity contribution in [2.24, 2.45) is 5.92 Å². The van der Waals surface area contributed by atoms with Crippen molar-refractivity contribution in [3.63, 3.8) is 0 Å². The Bertz CT molecular complexity index is 862. The van der Waals surface area contributed by atoms with Gasteiger partial charge in [-0.3, -0.25) is 9.59 Å². The van der Waals surface area contributed by atoms with Crippen molar-refractivity contribution in [2.75, 3.05) is 0 Å². The number of ketones is 1. The predicted octanol–water partition coefficient (Wildman–Crippen LogP) is 5.80. The van der Waals surface area contributed by atoms with Crippen LogP contribution in [-0.4, -0.2) is 86.0 Å². The number of carboxylic acids is 1. The first-order valence-electron chi connectivity index (χ1n) is 18.0. The van der Waals surface area contributed by atoms with E-state index < -0.39 is 66.4 Å². The number of carboxylic acid groups (broad SMARTS) is 1. The van der Waals surface area contributed by atoms with E-state index in [1.165, 1.54) is 25.3 Å². The normalized spacial score (nSPS) is 23.7. The summed E-state index contributed by atoms with van der Waals surface area (Å²) in [5.41, 5.74) is 0. The van der Waals surface area contributed by atoms with Gasteiger partial charge in [0.25, 0.3) is 0 Å². The van der Waals surface area contributed by atoms with Gasteiger partial charge in [0.2, 0.25) is 0 Å². The number of aliphatic carboxylic acids is 1. The van der Waals surface area contributed by atoms with Gasteiger partial charge < -0.3 is 35.0 Å². The summed E-state index contributed by atoms with van der Waals surface area (Å²) in [5, 5.41) is 51.2. The first-order valence-corrected chi connectivity index (χ1v) is 18.0. The molecule has 0 amide bonds. The summed E-state index contributed by atoms with van der Waals surface area (Å²) < 4.78 is 11.5. The second-order valence-electron chi connectivity index (χ2n) is 13.1. The highest BCUT2D eigenvalue weighted by molar-refractivity contribution is 5.99. The maximum atomic E-state index is 12.6. The highest BCUT2D eigenvalue weighted by Crippen LogP contribution is 2.27. The maximum Gasteiger partial charge on any atom is 0.330 e. The van der Waals surface area contributed by atoms with Crippen LogP contribution in [0.2, 0.25) is 0 Å². The number of aliphatic hydroxyl groups is 4. The molecular weight excluding hydrogens is 592 g/mol. The molecule has 1 fully saturated rings. The molecule has 0 aromatic heterocycles. The summed E-state index contributed by atoms with van der Waals surface area (Å²) in [4.78, 5) is 36.7. The topological polar surface area (TPSA) is 171 Å². The first kappa shape index (κ1) is 42.2. The number of aliphatic hydroxyl groups excluding tert-OH is 4. The summed E-state index contributed by atoms with van der Waals surface area (Å²) in [6.07, 6.45) is 12.5. The molecule has 1 aliphatic rings. The smallest absolute Gasteiger partial charge is 0.330 e. The molecule has 0 bridgehead atoms. The molecule has 5 N–H and O–H groups in total. The van der Waals surface area contributed by atoms with Gasteiger partial charge in [-0.2, -0.15) is 0 Å². The fraction of sp³-hybridized carbons (Fsp3) is 0.861. The summed E-state index contributed by atoms with van der Waals surface area (Å²) >= 11 is 0. The molecule has 0 saturated carbocycles. The minimum Gasteiger partial charge on any atom is -0.481 e. The molecule has 0 aliphatic carbocycles. The van der Waals surface area contributed by atoms with Crippen molar-refractivity contribution in [3.05, 3.63) is 12.2 Å². The standard InChI is InChI=1S/C36H64O10/c1-4-6-8-10-11-16-20-24-31(40)46-35-30(45-26(3)33(41)34(35)42)23-19-15-12-14-17-21-27(37)25-29(39)32(36(43)44)28(38)22-18-13-9-7-5-2/h20,24,26-28,30,32-35,37-38,41-42H,4-19,21-23,25H2,1-3H3,(H,43,44)/t26-,27?,28?,30-,32?,33-,34+,35-/m0/s1. The van der Waals surface area contributed by atoms with Crippen molar-refractivity contribution in [3.8, 4) is 0 Å². The van der Waals surface area contributed by atoms with Gasteiger partial charge in [-0.25, -0.2) is 4.79 Å². The average molecular weight is 657 g/mol. The van der Waals surface area contributed by atoms with Crippen LogP contribution in [0.25, 0.3) is 0 Å². The Morgan fingerprint density at radius 2 is 1.35 bits per heavy atom. The van der Waals surface area contributed by atoms with Gasteiger partial charge in [0.15, 0.2) is 11.9 Å². The number of esters is 1. The number of Topliss-reactive ketones (excluding diaryl/α,β-unsaturated/α-hetero) is 1. The monoisotopic (exact) mass is 656 g/mol. The van der Waals surface area contributed by atoms with Crippen LogP contribution in [0.3, 0.4) is 0 Å². The fourth-order valence-corrected chi connectivity index (χ4v) is 6.08. The van der Waals surface area contributed by atoms with Crippen LogP contribution >= 0.6 is 0 Å². The molecule has 46 heavy (non-hydrogen) atoms. The number of hydrogen-bond acceptors (Lipinski definition) is 9. The van der Waals surface area contributed by atoms with E-state index in [9.17, 15) is 39.9 Å². The van der Waals surface area contributed by atoms with Crippen molar-refractivity contribution < 1.29 is 49.4 Å². The molecule has 10 heteroatoms. The van der Waals surface area contributed by atoms with Crippen LogP contribution in [0.5, 0.6) is 0 Å². The van der Waals surface area contributed by atoms with Crippen LogP contribution in [0.1, 0.15) is 149 Å². The largest absolute Gasteiger partial charge is 0.481 e. The molecule has 8 atom stereocenters.